The summed E-state index contributed by atoms with van der Waals surface area (Å²) in [5.74, 6) is -0.0237. The van der Waals surface area contributed by atoms with Crippen LogP contribution in [0.15, 0.2) is 23.1 Å². The van der Waals surface area contributed by atoms with E-state index in [1.807, 2.05) is 0 Å². The van der Waals surface area contributed by atoms with Gasteiger partial charge in [0.2, 0.25) is 10.0 Å². The maximum absolute atomic E-state index is 12.4. The fraction of sp³-hybridized carbons (Fsp3) is 0.500. The van der Waals surface area contributed by atoms with Crippen molar-refractivity contribution < 1.29 is 13.5 Å². The van der Waals surface area contributed by atoms with Gasteiger partial charge < -0.3 is 5.11 Å². The van der Waals surface area contributed by atoms with Crippen LogP contribution in [0.3, 0.4) is 0 Å². The Bertz CT molecular complexity index is 554. The summed E-state index contributed by atoms with van der Waals surface area (Å²) in [5, 5.41) is 10.1. The van der Waals surface area contributed by atoms with Crippen LogP contribution in [0.25, 0.3) is 0 Å². The summed E-state index contributed by atoms with van der Waals surface area (Å²) in [6.45, 7) is 2.41. The first-order chi connectivity index (χ1) is 8.80. The monoisotopic (exact) mass is 323 g/mol. The van der Waals surface area contributed by atoms with Crippen LogP contribution >= 0.6 is 23.2 Å². The summed E-state index contributed by atoms with van der Waals surface area (Å²) in [5.41, 5.74) is 0. The number of aliphatic hydroxyl groups is 1. The van der Waals surface area contributed by atoms with E-state index in [4.69, 9.17) is 23.2 Å². The van der Waals surface area contributed by atoms with E-state index in [-0.39, 0.29) is 20.9 Å². The Morgan fingerprint density at radius 3 is 2.37 bits per heavy atom. The van der Waals surface area contributed by atoms with Gasteiger partial charge in [-0.2, -0.15) is 4.31 Å². The molecule has 1 aromatic rings. The van der Waals surface area contributed by atoms with Gasteiger partial charge in [-0.05, 0) is 37.5 Å². The van der Waals surface area contributed by atoms with Crippen molar-refractivity contribution in [2.75, 3.05) is 13.1 Å². The van der Waals surface area contributed by atoms with E-state index in [9.17, 15) is 13.5 Å². The predicted octanol–water partition coefficient (Wildman–Crippen LogP) is 2.38. The molecule has 0 spiro atoms. The normalized spacial score (nSPS) is 22.6. The van der Waals surface area contributed by atoms with E-state index in [1.54, 1.807) is 6.92 Å². The molecule has 106 valence electrons. The maximum Gasteiger partial charge on any atom is 0.243 e. The van der Waals surface area contributed by atoms with E-state index >= 15 is 0 Å². The van der Waals surface area contributed by atoms with Crippen LogP contribution in [0.2, 0.25) is 10.0 Å². The molecule has 1 aliphatic rings. The molecule has 1 aliphatic heterocycles. The van der Waals surface area contributed by atoms with Crippen molar-refractivity contribution in [2.24, 2.45) is 5.92 Å². The number of hydrogen-bond donors (Lipinski definition) is 1. The summed E-state index contributed by atoms with van der Waals surface area (Å²) < 4.78 is 26.2. The summed E-state index contributed by atoms with van der Waals surface area (Å²) in [6.07, 6.45) is 0.147. The molecule has 2 unspecified atom stereocenters. The highest BCUT2D eigenvalue weighted by Crippen LogP contribution is 2.29. The fourth-order valence-electron chi connectivity index (χ4n) is 2.19. The third-order valence-electron chi connectivity index (χ3n) is 3.34. The highest BCUT2D eigenvalue weighted by atomic mass is 35.5. The van der Waals surface area contributed by atoms with Crippen molar-refractivity contribution in [1.29, 1.82) is 0 Å². The van der Waals surface area contributed by atoms with Crippen molar-refractivity contribution in [3.63, 3.8) is 0 Å². The van der Waals surface area contributed by atoms with Crippen LogP contribution in [0.1, 0.15) is 13.3 Å². The van der Waals surface area contributed by atoms with Gasteiger partial charge in [0.25, 0.3) is 0 Å². The minimum Gasteiger partial charge on any atom is -0.393 e. The highest BCUT2D eigenvalue weighted by molar-refractivity contribution is 7.89. The van der Waals surface area contributed by atoms with Crippen LogP contribution in [0.4, 0.5) is 0 Å². The van der Waals surface area contributed by atoms with E-state index < -0.39 is 16.1 Å². The lowest BCUT2D eigenvalue weighted by molar-refractivity contribution is 0.133. The quantitative estimate of drug-likeness (QED) is 0.929. The predicted molar refractivity (Wildman–Crippen MR) is 75.0 cm³/mol. The molecule has 19 heavy (non-hydrogen) atoms. The molecule has 0 aliphatic carbocycles. The molecule has 0 aromatic heterocycles. The summed E-state index contributed by atoms with van der Waals surface area (Å²) >= 11 is 11.7. The lowest BCUT2D eigenvalue weighted by Gasteiger charge is -2.18. The first-order valence-corrected chi connectivity index (χ1v) is 8.14. The second-order valence-electron chi connectivity index (χ2n) is 4.76. The zero-order valence-corrected chi connectivity index (χ0v) is 12.7. The molecule has 4 nitrogen and oxygen atoms in total. The molecule has 1 aromatic carbocycles. The van der Waals surface area contributed by atoms with Crippen molar-refractivity contribution in [3.05, 3.63) is 28.2 Å². The Morgan fingerprint density at radius 1 is 1.32 bits per heavy atom. The average molecular weight is 324 g/mol. The van der Waals surface area contributed by atoms with Crippen LogP contribution < -0.4 is 0 Å². The van der Waals surface area contributed by atoms with Crippen molar-refractivity contribution in [1.82, 2.24) is 4.31 Å². The lowest BCUT2D eigenvalue weighted by Crippen LogP contribution is -2.30. The van der Waals surface area contributed by atoms with Crippen molar-refractivity contribution >= 4 is 33.2 Å². The molecule has 0 radical (unpaired) electrons. The molecule has 2 atom stereocenters. The Morgan fingerprint density at radius 2 is 1.89 bits per heavy atom. The average Bonchev–Trinajstić information content (AvgIpc) is 2.77. The topological polar surface area (TPSA) is 57.6 Å². The summed E-state index contributed by atoms with van der Waals surface area (Å²) in [7, 11) is -3.60. The minimum absolute atomic E-state index is 0.0237. The fourth-order valence-corrected chi connectivity index (χ4v) is 4.43. The van der Waals surface area contributed by atoms with Gasteiger partial charge >= 0.3 is 0 Å². The van der Waals surface area contributed by atoms with Gasteiger partial charge in [-0.25, -0.2) is 8.42 Å². The Kier molecular flexibility index (Phi) is 4.42. The van der Waals surface area contributed by atoms with E-state index in [0.29, 0.717) is 19.5 Å². The number of sulfonamides is 1. The smallest absolute Gasteiger partial charge is 0.243 e. The van der Waals surface area contributed by atoms with Gasteiger partial charge in [0.05, 0.1) is 11.0 Å². The molecular weight excluding hydrogens is 309 g/mol. The number of nitrogens with zero attached hydrogens (tertiary/aromatic N) is 1. The van der Waals surface area contributed by atoms with E-state index in [1.165, 1.54) is 22.5 Å². The largest absolute Gasteiger partial charge is 0.393 e. The zero-order chi connectivity index (χ0) is 14.2. The number of hydrogen-bond acceptors (Lipinski definition) is 3. The second-order valence-corrected chi connectivity index (χ2v) is 7.57. The van der Waals surface area contributed by atoms with Gasteiger partial charge in [0.1, 0.15) is 0 Å². The first-order valence-electron chi connectivity index (χ1n) is 5.95. The molecule has 1 saturated heterocycles. The van der Waals surface area contributed by atoms with Gasteiger partial charge in [0, 0.05) is 23.1 Å². The molecular formula is C12H15Cl2NO3S. The van der Waals surface area contributed by atoms with E-state index in [0.717, 1.165) is 0 Å². The third-order valence-corrected chi connectivity index (χ3v) is 5.62. The minimum atomic E-state index is -3.60. The zero-order valence-electron chi connectivity index (χ0n) is 10.4. The van der Waals surface area contributed by atoms with E-state index in [2.05, 4.69) is 0 Å². The van der Waals surface area contributed by atoms with Crippen molar-refractivity contribution in [2.45, 2.75) is 24.3 Å². The summed E-state index contributed by atoms with van der Waals surface area (Å²) in [4.78, 5) is 0.0937. The van der Waals surface area contributed by atoms with Gasteiger partial charge in [0.15, 0.2) is 0 Å². The SMILES string of the molecule is CC(O)C1CCN(S(=O)(=O)c2cc(Cl)cc(Cl)c2)C1. The molecule has 1 heterocycles. The molecule has 0 amide bonds. The molecule has 1 fully saturated rings. The van der Waals surface area contributed by atoms with Gasteiger partial charge in [-0.1, -0.05) is 23.2 Å². The number of rotatable bonds is 3. The molecule has 0 saturated carbocycles. The Hall–Kier alpha value is -0.330. The molecule has 2 rings (SSSR count). The lowest BCUT2D eigenvalue weighted by atomic mass is 10.0. The standard InChI is InChI=1S/C12H15Cl2NO3S/c1-8(16)9-2-3-15(7-9)19(17,18)12-5-10(13)4-11(14)6-12/h4-6,8-9,16H,2-3,7H2,1H3. The Balaban J connectivity index is 2.28. The van der Waals surface area contributed by atoms with Gasteiger partial charge in [-0.3, -0.25) is 0 Å². The molecule has 0 bridgehead atoms. The Labute approximate surface area is 123 Å². The van der Waals surface area contributed by atoms with Crippen LogP contribution in [-0.2, 0) is 10.0 Å². The van der Waals surface area contributed by atoms with Crippen molar-refractivity contribution in [3.8, 4) is 0 Å². The molecule has 1 N–H and O–H groups in total. The maximum atomic E-state index is 12.4. The molecule has 7 heteroatoms. The number of halogens is 2. The van der Waals surface area contributed by atoms with Crippen LogP contribution in [0.5, 0.6) is 0 Å². The van der Waals surface area contributed by atoms with Crippen LogP contribution in [0, 0.1) is 5.92 Å². The highest BCUT2D eigenvalue weighted by Gasteiger charge is 2.34. The van der Waals surface area contributed by atoms with Gasteiger partial charge in [-0.15, -0.1) is 0 Å². The number of aliphatic hydroxyl groups excluding tert-OH is 1. The summed E-state index contributed by atoms with van der Waals surface area (Å²) in [6, 6.07) is 4.27. The van der Waals surface area contributed by atoms with Crippen LogP contribution in [-0.4, -0.2) is 37.0 Å². The first kappa shape index (κ1) is 15.1. The number of benzene rings is 1. The third kappa shape index (κ3) is 3.23. The second kappa shape index (κ2) is 5.58.